The van der Waals surface area contributed by atoms with Gasteiger partial charge in [-0.3, -0.25) is 50.7 Å². The number of allylic oxidation sites excluding steroid dienone is 6. The third kappa shape index (κ3) is 32.6. The van der Waals surface area contributed by atoms with Gasteiger partial charge in [-0.15, -0.1) is 120 Å². The van der Waals surface area contributed by atoms with Gasteiger partial charge in [-0.05, 0) is 143 Å². The molecule has 15 aromatic rings. The van der Waals surface area contributed by atoms with Crippen molar-refractivity contribution in [3.63, 3.8) is 0 Å². The van der Waals surface area contributed by atoms with Crippen LogP contribution in [0.1, 0.15) is 74.8 Å². The minimum atomic E-state index is -0.746. The molecule has 0 aliphatic rings. The third-order valence-electron chi connectivity index (χ3n) is 16.3. The number of hydrogen-bond acceptors (Lipinski definition) is 11. The summed E-state index contributed by atoms with van der Waals surface area (Å²) in [5, 5.41) is 33.8. The molecule has 0 spiro atoms. The van der Waals surface area contributed by atoms with Gasteiger partial charge < -0.3 is 30.3 Å². The SMILES string of the molecule is CC(=O)C=C(C)O.CC(=O)C=C(C)O.CC(C)(C)C(=O)C=C(O)C(C)(C)C.Cc1ccc2c(-c3[c-]cc(F)cc3F)nccc2c1.Fc1c[c-]c(-c2ccc3ccccc3n2)cc1.Fc1c[c-]c(-c2ccc3ccccc3n2)cc1.Fc1c[c-]c(-c2nccc3cc(F)ccc23)c(F)c1.[Ir].[Ir].[Ir].[Ir].[Ir].[c-]1ccccc1-c1cc2ccccc2cn1. The molecule has 3 N–H and O–H groups in total. The molecule has 23 heteroatoms. The first-order valence-electron chi connectivity index (χ1n) is 35.9. The molecule has 629 valence electrons. The summed E-state index contributed by atoms with van der Waals surface area (Å²) >= 11 is 0. The second-order valence-electron chi connectivity index (χ2n) is 28.0. The summed E-state index contributed by atoms with van der Waals surface area (Å²) in [6.07, 6.45) is 8.65. The molecule has 0 saturated carbocycles. The van der Waals surface area contributed by atoms with Crippen LogP contribution in [-0.4, -0.2) is 57.6 Å². The van der Waals surface area contributed by atoms with Gasteiger partial charge in [0.1, 0.15) is 11.6 Å². The van der Waals surface area contributed by atoms with E-state index < -0.39 is 28.7 Å². The van der Waals surface area contributed by atoms with Crippen LogP contribution >= 0.6 is 0 Å². The molecule has 10 aromatic carbocycles. The van der Waals surface area contributed by atoms with Crippen molar-refractivity contribution in [3.8, 4) is 56.3 Å². The van der Waals surface area contributed by atoms with Crippen LogP contribution in [0.15, 0.2) is 291 Å². The number of carbonyl (C=O) groups excluding carboxylic acids is 3. The molecular weight excluding hydrogens is 2430 g/mol. The van der Waals surface area contributed by atoms with Gasteiger partial charge >= 0.3 is 0 Å². The smallest absolute Gasteiger partial charge is 0.164 e. The first kappa shape index (κ1) is 104. The molecule has 5 radical (unpaired) electrons. The molecule has 0 aliphatic carbocycles. The van der Waals surface area contributed by atoms with E-state index in [0.717, 1.165) is 96.2 Å². The summed E-state index contributed by atoms with van der Waals surface area (Å²) in [4.78, 5) is 53.3. The number of pyridine rings is 5. The Labute approximate surface area is 761 Å². The first-order valence-corrected chi connectivity index (χ1v) is 35.9. The molecule has 15 rings (SSSR count). The number of nitrogens with zero attached hydrogens (tertiary/aromatic N) is 5. The van der Waals surface area contributed by atoms with Gasteiger partial charge in [-0.1, -0.05) is 186 Å². The van der Waals surface area contributed by atoms with E-state index in [9.17, 15) is 50.2 Å². The number of rotatable bonds is 8. The van der Waals surface area contributed by atoms with Crippen molar-refractivity contribution in [2.45, 2.75) is 76.2 Å². The first-order chi connectivity index (χ1) is 54.7. The Morgan fingerprint density at radius 3 is 1.19 bits per heavy atom. The third-order valence-corrected chi connectivity index (χ3v) is 16.3. The summed E-state index contributed by atoms with van der Waals surface area (Å²) in [6, 6.07) is 82.1. The fourth-order valence-corrected chi connectivity index (χ4v) is 10.6. The number of aromatic nitrogens is 5. The average Bonchev–Trinajstić information content (AvgIpc) is 0.788. The van der Waals surface area contributed by atoms with Crippen LogP contribution in [0.25, 0.3) is 110 Å². The monoisotopic (exact) mass is 2510 g/mol. The number of aliphatic hydroxyl groups excluding tert-OH is 3. The molecule has 5 heterocycles. The average molecular weight is 2510 g/mol. The molecule has 0 amide bonds. The van der Waals surface area contributed by atoms with E-state index in [-0.39, 0.29) is 169 Å². The summed E-state index contributed by atoms with van der Waals surface area (Å²) < 4.78 is 92.2. The minimum absolute atomic E-state index is 0. The predicted molar refractivity (Wildman–Crippen MR) is 443 cm³/mol. The van der Waals surface area contributed by atoms with Crippen LogP contribution < -0.4 is 0 Å². The number of aryl methyl sites for hydroxylation is 1. The van der Waals surface area contributed by atoms with E-state index in [1.807, 2.05) is 188 Å². The predicted octanol–water partition coefficient (Wildman–Crippen LogP) is 24.9. The van der Waals surface area contributed by atoms with Crippen LogP contribution in [-0.2, 0) is 115 Å². The van der Waals surface area contributed by atoms with E-state index in [2.05, 4.69) is 73.5 Å². The summed E-state index contributed by atoms with van der Waals surface area (Å²) in [7, 11) is 0. The van der Waals surface area contributed by atoms with Crippen LogP contribution in [0.3, 0.4) is 0 Å². The van der Waals surface area contributed by atoms with Crippen LogP contribution in [0, 0.1) is 88.8 Å². The molecule has 0 unspecified atom stereocenters. The number of benzene rings is 10. The molecule has 0 atom stereocenters. The topological polar surface area (TPSA) is 176 Å². The maximum absolute atomic E-state index is 13.8. The Balaban J connectivity index is 0.000000359. The number of halogens is 7. The van der Waals surface area contributed by atoms with Gasteiger partial charge in [0, 0.05) is 183 Å². The number of fused-ring (bicyclic) bond motifs is 5. The fourth-order valence-electron chi connectivity index (χ4n) is 10.6. The van der Waals surface area contributed by atoms with Crippen molar-refractivity contribution in [2.24, 2.45) is 10.8 Å². The second-order valence-corrected chi connectivity index (χ2v) is 28.0. The molecular formula is C97H81F7Ir5N5O6-5. The van der Waals surface area contributed by atoms with Crippen molar-refractivity contribution in [1.82, 2.24) is 24.9 Å². The normalized spacial score (nSPS) is 10.8. The number of para-hydroxylation sites is 2. The largest absolute Gasteiger partial charge is 0.512 e. The zero-order valence-corrected chi connectivity index (χ0v) is 78.6. The van der Waals surface area contributed by atoms with Crippen LogP contribution in [0.4, 0.5) is 30.7 Å². The van der Waals surface area contributed by atoms with Crippen LogP contribution in [0.5, 0.6) is 0 Å². The molecule has 0 bridgehead atoms. The maximum atomic E-state index is 13.8. The van der Waals surface area contributed by atoms with Gasteiger partial charge in [0.05, 0.1) is 22.6 Å². The number of hydrogen-bond donors (Lipinski definition) is 3. The fraction of sp³-hybridized carbons (Fsp3) is 0.134. The van der Waals surface area contributed by atoms with Gasteiger partial charge in [0.25, 0.3) is 0 Å². The second kappa shape index (κ2) is 50.0. The Bertz CT molecular complexity index is 5700. The van der Waals surface area contributed by atoms with Crippen molar-refractivity contribution < 1.29 is 161 Å². The number of aliphatic hydroxyl groups is 3. The van der Waals surface area contributed by atoms with E-state index in [1.165, 1.54) is 105 Å². The van der Waals surface area contributed by atoms with E-state index >= 15 is 0 Å². The maximum Gasteiger partial charge on any atom is 0.164 e. The van der Waals surface area contributed by atoms with Crippen molar-refractivity contribution in [1.29, 1.82) is 0 Å². The zero-order chi connectivity index (χ0) is 83.5. The minimum Gasteiger partial charge on any atom is -0.512 e. The molecule has 0 aliphatic heterocycles. The molecule has 0 fully saturated rings. The zero-order valence-electron chi connectivity index (χ0n) is 66.6. The Hall–Kier alpha value is -10.4. The summed E-state index contributed by atoms with van der Waals surface area (Å²) in [5.41, 5.74) is 8.51. The Morgan fingerprint density at radius 2 is 0.783 bits per heavy atom. The standard InChI is InChI=1S/C16H10F2N.C15H7F3N.2C15H9FN.C15H10N.C11H20O2.2C5H8O2.5Ir/c1-10-2-4-13-11(8-10)6-7-19-16(13)14-5-3-12(17)9-15(14)18;16-10-1-3-12-9(7-10)5-6-19-15(12)13-4-2-11(17)8-14(13)18;2*16-13-8-5-12(6-9-13)15-10-7-11-3-1-2-4-14(11)17-15;1-2-6-12(7-3-1)15-10-13-8-4-5-9-14(13)11-16-15;1-10(2,3)8(12)7-9(13)11(4,5)6;2*1-4(6)3-5(2)7;;;;;/h2-4,6-9H,1H3;1-3,5-8H;2*1-5,7-10H;1-6,8-11H;7,12H,1-6H3;2*3,6H,1-2H3;;;;;/q5*-1;;;;;;;;. The van der Waals surface area contributed by atoms with Crippen molar-refractivity contribution in [3.05, 3.63) is 367 Å². The van der Waals surface area contributed by atoms with Crippen molar-refractivity contribution >= 4 is 71.5 Å². The summed E-state index contributed by atoms with van der Waals surface area (Å²) in [6.45, 7) is 18.8. The molecule has 5 aromatic heterocycles. The molecule has 11 nitrogen and oxygen atoms in total. The quantitative estimate of drug-likeness (QED) is 0.0571. The van der Waals surface area contributed by atoms with Gasteiger partial charge in [-0.2, -0.15) is 0 Å². The van der Waals surface area contributed by atoms with Crippen LogP contribution in [0.2, 0.25) is 0 Å². The molecule has 120 heavy (non-hydrogen) atoms. The van der Waals surface area contributed by atoms with Gasteiger partial charge in [-0.25, -0.2) is 4.39 Å². The number of ketones is 3. The Kier molecular flexibility index (Phi) is 43.3. The van der Waals surface area contributed by atoms with Gasteiger partial charge in [0.2, 0.25) is 0 Å². The van der Waals surface area contributed by atoms with Crippen molar-refractivity contribution in [2.75, 3.05) is 0 Å². The molecule has 0 saturated heterocycles. The van der Waals surface area contributed by atoms with Gasteiger partial charge in [0.15, 0.2) is 17.3 Å². The van der Waals surface area contributed by atoms with E-state index in [0.29, 0.717) is 22.2 Å². The van der Waals surface area contributed by atoms with E-state index in [4.69, 9.17) is 10.2 Å². The number of carbonyl (C=O) groups is 3. The summed E-state index contributed by atoms with van der Waals surface area (Å²) in [5.74, 6) is -3.71. The van der Waals surface area contributed by atoms with E-state index in [1.54, 1.807) is 24.4 Å². The Morgan fingerprint density at radius 1 is 0.367 bits per heavy atom.